The molecule has 0 saturated carbocycles. The minimum Gasteiger partial charge on any atom is -0.330 e. The van der Waals surface area contributed by atoms with E-state index in [0.29, 0.717) is 0 Å². The van der Waals surface area contributed by atoms with Gasteiger partial charge in [-0.05, 0) is 78.8 Å². The van der Waals surface area contributed by atoms with Crippen molar-refractivity contribution in [3.8, 4) is 0 Å². The summed E-state index contributed by atoms with van der Waals surface area (Å²) in [5.41, 5.74) is 6.26. The Hall–Kier alpha value is -0.120. The standard InChI is InChI=1S/C16H33N3/c1-15(2)10-14(11-16(3,4)18-15)19-9-5-6-13(12-19)7-8-17/h13-14,18H,5-12,17H2,1-4H3/t13-/m0/s1. The fourth-order valence-electron chi connectivity index (χ4n) is 4.43. The average molecular weight is 267 g/mol. The van der Waals surface area contributed by atoms with Gasteiger partial charge in [-0.2, -0.15) is 0 Å². The molecule has 0 unspecified atom stereocenters. The molecule has 2 heterocycles. The fourth-order valence-corrected chi connectivity index (χ4v) is 4.43. The Bertz CT molecular complexity index is 280. The summed E-state index contributed by atoms with van der Waals surface area (Å²) < 4.78 is 0. The van der Waals surface area contributed by atoms with Crippen molar-refractivity contribution in [2.24, 2.45) is 11.7 Å². The van der Waals surface area contributed by atoms with Crippen LogP contribution in [0, 0.1) is 5.92 Å². The summed E-state index contributed by atoms with van der Waals surface area (Å²) in [5.74, 6) is 0.833. The van der Waals surface area contributed by atoms with E-state index in [4.69, 9.17) is 5.73 Å². The van der Waals surface area contributed by atoms with Gasteiger partial charge in [0.15, 0.2) is 0 Å². The quantitative estimate of drug-likeness (QED) is 0.825. The highest BCUT2D eigenvalue weighted by Gasteiger charge is 2.40. The maximum absolute atomic E-state index is 5.74. The SMILES string of the molecule is CC1(C)CC(N2CCC[C@@H](CCN)C2)CC(C)(C)N1. The molecule has 0 radical (unpaired) electrons. The van der Waals surface area contributed by atoms with Crippen molar-refractivity contribution >= 4 is 0 Å². The van der Waals surface area contributed by atoms with Gasteiger partial charge in [0, 0.05) is 23.7 Å². The van der Waals surface area contributed by atoms with Gasteiger partial charge in [-0.25, -0.2) is 0 Å². The van der Waals surface area contributed by atoms with Crippen LogP contribution in [0.1, 0.15) is 59.8 Å². The normalized spacial score (nSPS) is 32.4. The summed E-state index contributed by atoms with van der Waals surface area (Å²) in [7, 11) is 0. The monoisotopic (exact) mass is 267 g/mol. The maximum atomic E-state index is 5.74. The van der Waals surface area contributed by atoms with Crippen molar-refractivity contribution in [1.29, 1.82) is 0 Å². The first-order chi connectivity index (χ1) is 8.81. The molecule has 0 aromatic carbocycles. The summed E-state index contributed by atoms with van der Waals surface area (Å²) in [6.07, 6.45) is 6.48. The lowest BCUT2D eigenvalue weighted by Crippen LogP contribution is -2.63. The highest BCUT2D eigenvalue weighted by Crippen LogP contribution is 2.33. The molecule has 0 aliphatic carbocycles. The topological polar surface area (TPSA) is 41.3 Å². The molecule has 2 rings (SSSR count). The lowest BCUT2D eigenvalue weighted by Gasteiger charge is -2.51. The number of nitrogens with zero attached hydrogens (tertiary/aromatic N) is 1. The first kappa shape index (κ1) is 15.3. The minimum atomic E-state index is 0.257. The summed E-state index contributed by atoms with van der Waals surface area (Å²) in [4.78, 5) is 2.76. The van der Waals surface area contributed by atoms with Gasteiger partial charge in [0.1, 0.15) is 0 Å². The van der Waals surface area contributed by atoms with Gasteiger partial charge in [0.2, 0.25) is 0 Å². The van der Waals surface area contributed by atoms with Gasteiger partial charge in [-0.1, -0.05) is 0 Å². The van der Waals surface area contributed by atoms with Crippen molar-refractivity contribution in [2.75, 3.05) is 19.6 Å². The number of piperidine rings is 2. The van der Waals surface area contributed by atoms with E-state index in [1.165, 1.54) is 45.2 Å². The predicted octanol–water partition coefficient (Wildman–Crippen LogP) is 2.36. The van der Waals surface area contributed by atoms with E-state index >= 15 is 0 Å². The molecule has 0 bridgehead atoms. The molecule has 0 spiro atoms. The molecule has 3 N–H and O–H groups in total. The highest BCUT2D eigenvalue weighted by molar-refractivity contribution is 5.00. The molecule has 0 amide bonds. The number of hydrogen-bond acceptors (Lipinski definition) is 3. The highest BCUT2D eigenvalue weighted by atomic mass is 15.2. The Kier molecular flexibility index (Phi) is 4.59. The van der Waals surface area contributed by atoms with Crippen LogP contribution in [0.25, 0.3) is 0 Å². The lowest BCUT2D eigenvalue weighted by atomic mass is 9.78. The maximum Gasteiger partial charge on any atom is 0.0145 e. The second-order valence-corrected chi connectivity index (χ2v) is 8.04. The zero-order valence-corrected chi connectivity index (χ0v) is 13.3. The van der Waals surface area contributed by atoms with Gasteiger partial charge in [-0.15, -0.1) is 0 Å². The molecule has 0 aromatic heterocycles. The number of nitrogens with one attached hydrogen (secondary N) is 1. The Balaban J connectivity index is 2.00. The zero-order chi connectivity index (χ0) is 14.1. The predicted molar refractivity (Wildman–Crippen MR) is 82.3 cm³/mol. The zero-order valence-electron chi connectivity index (χ0n) is 13.3. The van der Waals surface area contributed by atoms with Crippen LogP contribution in [-0.4, -0.2) is 41.7 Å². The molecular formula is C16H33N3. The smallest absolute Gasteiger partial charge is 0.0145 e. The summed E-state index contributed by atoms with van der Waals surface area (Å²) in [6, 6.07) is 0.742. The second-order valence-electron chi connectivity index (χ2n) is 8.04. The minimum absolute atomic E-state index is 0.257. The first-order valence-electron chi connectivity index (χ1n) is 8.05. The van der Waals surface area contributed by atoms with Crippen LogP contribution in [0.4, 0.5) is 0 Å². The molecule has 2 saturated heterocycles. The van der Waals surface area contributed by atoms with Crippen LogP contribution in [0.2, 0.25) is 0 Å². The van der Waals surface area contributed by atoms with Crippen LogP contribution >= 0.6 is 0 Å². The van der Waals surface area contributed by atoms with Crippen LogP contribution in [0.3, 0.4) is 0 Å². The molecule has 2 aliphatic rings. The van der Waals surface area contributed by atoms with Crippen molar-refractivity contribution < 1.29 is 0 Å². The Morgan fingerprint density at radius 1 is 1.16 bits per heavy atom. The number of likely N-dealkylation sites (tertiary alicyclic amines) is 1. The van der Waals surface area contributed by atoms with Gasteiger partial charge >= 0.3 is 0 Å². The largest absolute Gasteiger partial charge is 0.330 e. The molecule has 3 nitrogen and oxygen atoms in total. The van der Waals surface area contributed by atoms with Crippen molar-refractivity contribution in [2.45, 2.75) is 76.9 Å². The number of nitrogens with two attached hydrogens (primary N) is 1. The Morgan fingerprint density at radius 3 is 2.37 bits per heavy atom. The van der Waals surface area contributed by atoms with E-state index in [2.05, 4.69) is 37.9 Å². The van der Waals surface area contributed by atoms with E-state index in [1.54, 1.807) is 0 Å². The van der Waals surface area contributed by atoms with E-state index in [0.717, 1.165) is 18.5 Å². The number of rotatable bonds is 3. The molecule has 1 atom stereocenters. The lowest BCUT2D eigenvalue weighted by molar-refractivity contribution is 0.0384. The molecule has 0 aromatic rings. The van der Waals surface area contributed by atoms with Crippen LogP contribution in [0.15, 0.2) is 0 Å². The molecule has 112 valence electrons. The third-order valence-electron chi connectivity index (χ3n) is 4.81. The third kappa shape index (κ3) is 4.17. The second kappa shape index (κ2) is 5.71. The Morgan fingerprint density at radius 2 is 1.79 bits per heavy atom. The van der Waals surface area contributed by atoms with E-state index in [9.17, 15) is 0 Å². The van der Waals surface area contributed by atoms with Gasteiger partial charge in [0.05, 0.1) is 0 Å². The first-order valence-corrected chi connectivity index (χ1v) is 8.05. The molecular weight excluding hydrogens is 234 g/mol. The van der Waals surface area contributed by atoms with Gasteiger partial charge in [0.25, 0.3) is 0 Å². The summed E-state index contributed by atoms with van der Waals surface area (Å²) in [5, 5.41) is 3.79. The molecule has 2 aliphatic heterocycles. The average Bonchev–Trinajstić information content (AvgIpc) is 2.25. The Labute approximate surface area is 119 Å². The van der Waals surface area contributed by atoms with Crippen molar-refractivity contribution in [1.82, 2.24) is 10.2 Å². The fraction of sp³-hybridized carbons (Fsp3) is 1.00. The molecule has 3 heteroatoms. The van der Waals surface area contributed by atoms with Gasteiger partial charge < -0.3 is 11.1 Å². The summed E-state index contributed by atoms with van der Waals surface area (Å²) >= 11 is 0. The van der Waals surface area contributed by atoms with E-state index < -0.39 is 0 Å². The van der Waals surface area contributed by atoms with Crippen molar-refractivity contribution in [3.63, 3.8) is 0 Å². The van der Waals surface area contributed by atoms with E-state index in [-0.39, 0.29) is 11.1 Å². The molecule has 19 heavy (non-hydrogen) atoms. The number of hydrogen-bond donors (Lipinski definition) is 2. The molecule has 2 fully saturated rings. The van der Waals surface area contributed by atoms with E-state index in [1.807, 2.05) is 0 Å². The van der Waals surface area contributed by atoms with Crippen LogP contribution < -0.4 is 11.1 Å². The van der Waals surface area contributed by atoms with Crippen LogP contribution in [0.5, 0.6) is 0 Å². The van der Waals surface area contributed by atoms with Crippen molar-refractivity contribution in [3.05, 3.63) is 0 Å². The van der Waals surface area contributed by atoms with Crippen LogP contribution in [-0.2, 0) is 0 Å². The van der Waals surface area contributed by atoms with Gasteiger partial charge in [-0.3, -0.25) is 4.90 Å². The third-order valence-corrected chi connectivity index (χ3v) is 4.81. The summed E-state index contributed by atoms with van der Waals surface area (Å²) in [6.45, 7) is 12.8.